The number of benzene rings is 4. The van der Waals surface area contributed by atoms with Crippen molar-refractivity contribution in [1.82, 2.24) is 0 Å². The maximum absolute atomic E-state index is 10.5. The van der Waals surface area contributed by atoms with Crippen molar-refractivity contribution in [2.45, 2.75) is 0 Å². The van der Waals surface area contributed by atoms with Gasteiger partial charge in [-0.05, 0) is 52.6 Å². The highest BCUT2D eigenvalue weighted by Crippen LogP contribution is 2.36. The molecule has 0 heterocycles. The number of anilines is 1. The van der Waals surface area contributed by atoms with Crippen LogP contribution in [0, 0.1) is 0 Å². The van der Waals surface area contributed by atoms with E-state index in [0.29, 0.717) is 5.69 Å². The van der Waals surface area contributed by atoms with E-state index >= 15 is 0 Å². The molecular weight excluding hydrogens is 310 g/mol. The van der Waals surface area contributed by atoms with E-state index in [9.17, 15) is 5.11 Å². The van der Waals surface area contributed by atoms with Crippen LogP contribution in [0.25, 0.3) is 21.5 Å². The molecule has 0 saturated heterocycles. The van der Waals surface area contributed by atoms with E-state index in [1.807, 2.05) is 67.7 Å². The Balaban J connectivity index is 1.71. The van der Waals surface area contributed by atoms with Crippen LogP contribution in [0.4, 0.5) is 17.1 Å². The summed E-state index contributed by atoms with van der Waals surface area (Å²) >= 11 is 0. The highest BCUT2D eigenvalue weighted by Gasteiger charge is 2.06. The lowest BCUT2D eigenvalue weighted by Crippen LogP contribution is -1.87. The summed E-state index contributed by atoms with van der Waals surface area (Å²) < 4.78 is 0. The van der Waals surface area contributed by atoms with Crippen LogP contribution in [0.2, 0.25) is 0 Å². The van der Waals surface area contributed by atoms with E-state index in [2.05, 4.69) is 21.6 Å². The molecule has 4 rings (SSSR count). The number of nitrogens with one attached hydrogen (secondary N) is 1. The van der Waals surface area contributed by atoms with Crippen molar-refractivity contribution in [2.24, 2.45) is 10.2 Å². The number of hydrogen-bond donors (Lipinski definition) is 2. The van der Waals surface area contributed by atoms with Crippen molar-refractivity contribution in [3.63, 3.8) is 0 Å². The fourth-order valence-electron chi connectivity index (χ4n) is 2.89. The molecule has 122 valence electrons. The molecule has 2 N–H and O–H groups in total. The second kappa shape index (κ2) is 6.24. The van der Waals surface area contributed by atoms with Crippen LogP contribution in [-0.4, -0.2) is 12.2 Å². The average molecular weight is 327 g/mol. The van der Waals surface area contributed by atoms with Crippen molar-refractivity contribution >= 4 is 38.6 Å². The Hall–Kier alpha value is -3.40. The standard InChI is InChI=1S/C21H17N3O/c1-22-17-9-10-19-16(13-17)7-11-20(21(19)25)24-23-18-8-6-14-4-2-3-5-15(14)12-18/h2-13,22,25H,1H3. The Morgan fingerprint density at radius 2 is 1.56 bits per heavy atom. The van der Waals surface area contributed by atoms with Gasteiger partial charge in [-0.3, -0.25) is 0 Å². The van der Waals surface area contributed by atoms with Crippen molar-refractivity contribution in [2.75, 3.05) is 12.4 Å². The molecule has 25 heavy (non-hydrogen) atoms. The molecule has 0 amide bonds. The topological polar surface area (TPSA) is 57.0 Å². The van der Waals surface area contributed by atoms with Gasteiger partial charge in [0.05, 0.1) is 5.69 Å². The smallest absolute Gasteiger partial charge is 0.150 e. The third kappa shape index (κ3) is 2.90. The molecule has 0 fully saturated rings. The molecule has 0 aliphatic heterocycles. The lowest BCUT2D eigenvalue weighted by molar-refractivity contribution is 0.482. The molecule has 0 bridgehead atoms. The monoisotopic (exact) mass is 327 g/mol. The molecular formula is C21H17N3O. The van der Waals surface area contributed by atoms with Gasteiger partial charge in [0, 0.05) is 18.1 Å². The first-order valence-electron chi connectivity index (χ1n) is 8.08. The second-order valence-corrected chi connectivity index (χ2v) is 5.85. The maximum atomic E-state index is 10.5. The molecule has 0 unspecified atom stereocenters. The van der Waals surface area contributed by atoms with Crippen LogP contribution >= 0.6 is 0 Å². The summed E-state index contributed by atoms with van der Waals surface area (Å²) in [4.78, 5) is 0. The van der Waals surface area contributed by atoms with E-state index in [1.54, 1.807) is 6.07 Å². The Labute approximate surface area is 145 Å². The third-order valence-corrected chi connectivity index (χ3v) is 4.26. The van der Waals surface area contributed by atoms with Gasteiger partial charge in [-0.2, -0.15) is 5.11 Å². The largest absolute Gasteiger partial charge is 0.505 e. The normalized spacial score (nSPS) is 11.4. The molecule has 4 heteroatoms. The lowest BCUT2D eigenvalue weighted by Gasteiger charge is -2.06. The van der Waals surface area contributed by atoms with Crippen molar-refractivity contribution in [3.8, 4) is 5.75 Å². The van der Waals surface area contributed by atoms with E-state index < -0.39 is 0 Å². The van der Waals surface area contributed by atoms with Crippen molar-refractivity contribution in [3.05, 3.63) is 72.8 Å². The molecule has 0 spiro atoms. The zero-order valence-electron chi connectivity index (χ0n) is 13.8. The first kappa shape index (κ1) is 15.1. The second-order valence-electron chi connectivity index (χ2n) is 5.85. The fourth-order valence-corrected chi connectivity index (χ4v) is 2.89. The minimum atomic E-state index is 0.143. The van der Waals surface area contributed by atoms with Gasteiger partial charge in [-0.15, -0.1) is 5.11 Å². The molecule has 0 atom stereocenters. The first-order chi connectivity index (χ1) is 12.2. The zero-order valence-corrected chi connectivity index (χ0v) is 13.8. The van der Waals surface area contributed by atoms with Gasteiger partial charge >= 0.3 is 0 Å². The molecule has 0 radical (unpaired) electrons. The summed E-state index contributed by atoms with van der Waals surface area (Å²) in [5.74, 6) is 0.143. The Bertz CT molecular complexity index is 1100. The van der Waals surface area contributed by atoms with Gasteiger partial charge in [-0.25, -0.2) is 0 Å². The number of azo groups is 1. The predicted octanol–water partition coefficient (Wildman–Crippen LogP) is 6.16. The Morgan fingerprint density at radius 3 is 2.40 bits per heavy atom. The lowest BCUT2D eigenvalue weighted by atomic mass is 10.1. The summed E-state index contributed by atoms with van der Waals surface area (Å²) in [7, 11) is 1.87. The predicted molar refractivity (Wildman–Crippen MR) is 103 cm³/mol. The van der Waals surface area contributed by atoms with Crippen molar-refractivity contribution < 1.29 is 5.11 Å². The summed E-state index contributed by atoms with van der Waals surface area (Å²) in [5.41, 5.74) is 2.21. The van der Waals surface area contributed by atoms with Crippen LogP contribution in [0.3, 0.4) is 0 Å². The Kier molecular flexibility index (Phi) is 3.78. The molecule has 0 aliphatic rings. The van der Waals surface area contributed by atoms with Gasteiger partial charge in [0.15, 0.2) is 5.75 Å². The highest BCUT2D eigenvalue weighted by molar-refractivity contribution is 5.94. The summed E-state index contributed by atoms with van der Waals surface area (Å²) in [5, 5.41) is 26.1. The average Bonchev–Trinajstić information content (AvgIpc) is 2.67. The number of phenols is 1. The first-order valence-corrected chi connectivity index (χ1v) is 8.08. The van der Waals surface area contributed by atoms with E-state index in [0.717, 1.165) is 32.9 Å². The fraction of sp³-hybridized carbons (Fsp3) is 0.0476. The van der Waals surface area contributed by atoms with E-state index in [1.165, 1.54) is 0 Å². The van der Waals surface area contributed by atoms with E-state index in [-0.39, 0.29) is 5.75 Å². The summed E-state index contributed by atoms with van der Waals surface area (Å²) in [6, 6.07) is 23.5. The molecule has 0 aliphatic carbocycles. The van der Waals surface area contributed by atoms with Gasteiger partial charge < -0.3 is 10.4 Å². The van der Waals surface area contributed by atoms with Gasteiger partial charge in [0.1, 0.15) is 5.69 Å². The molecule has 4 aromatic carbocycles. The van der Waals surface area contributed by atoms with Crippen molar-refractivity contribution in [1.29, 1.82) is 0 Å². The van der Waals surface area contributed by atoms with Crippen LogP contribution in [0.1, 0.15) is 0 Å². The molecule has 4 nitrogen and oxygen atoms in total. The van der Waals surface area contributed by atoms with Gasteiger partial charge in [-0.1, -0.05) is 36.4 Å². The van der Waals surface area contributed by atoms with Crippen LogP contribution in [-0.2, 0) is 0 Å². The highest BCUT2D eigenvalue weighted by atomic mass is 16.3. The summed E-state index contributed by atoms with van der Waals surface area (Å²) in [6.07, 6.45) is 0. The Morgan fingerprint density at radius 1 is 0.760 bits per heavy atom. The number of aromatic hydroxyl groups is 1. The molecule has 4 aromatic rings. The number of rotatable bonds is 3. The summed E-state index contributed by atoms with van der Waals surface area (Å²) in [6.45, 7) is 0. The maximum Gasteiger partial charge on any atom is 0.150 e. The number of nitrogens with zero attached hydrogens (tertiary/aromatic N) is 2. The van der Waals surface area contributed by atoms with Crippen LogP contribution in [0.5, 0.6) is 5.75 Å². The number of hydrogen-bond acceptors (Lipinski definition) is 4. The minimum Gasteiger partial charge on any atom is -0.505 e. The SMILES string of the molecule is CNc1ccc2c(O)c(N=Nc3ccc4ccccc4c3)ccc2c1. The number of phenolic OH excluding ortho intramolecular Hbond substituents is 1. The number of fused-ring (bicyclic) bond motifs is 2. The minimum absolute atomic E-state index is 0.143. The van der Waals surface area contributed by atoms with Crippen LogP contribution < -0.4 is 5.32 Å². The van der Waals surface area contributed by atoms with Gasteiger partial charge in [0.2, 0.25) is 0 Å². The van der Waals surface area contributed by atoms with Gasteiger partial charge in [0.25, 0.3) is 0 Å². The molecule has 0 aromatic heterocycles. The zero-order chi connectivity index (χ0) is 17.2. The molecule has 0 saturated carbocycles. The quantitative estimate of drug-likeness (QED) is 0.443. The van der Waals surface area contributed by atoms with Crippen LogP contribution in [0.15, 0.2) is 83.0 Å². The third-order valence-electron chi connectivity index (χ3n) is 4.26. The van der Waals surface area contributed by atoms with E-state index in [4.69, 9.17) is 0 Å².